The first-order chi connectivity index (χ1) is 5.24. The molecule has 0 unspecified atom stereocenters. The first-order valence-electron chi connectivity index (χ1n) is 3.09. The molecule has 0 radical (unpaired) electrons. The van der Waals surface area contributed by atoms with Crippen molar-refractivity contribution in [2.45, 2.75) is 0 Å². The van der Waals surface area contributed by atoms with Crippen molar-refractivity contribution in [3.63, 3.8) is 0 Å². The summed E-state index contributed by atoms with van der Waals surface area (Å²) >= 11 is 0. The maximum Gasteiger partial charge on any atom is 0.141 e. The Morgan fingerprint density at radius 1 is 1.64 bits per heavy atom. The lowest BCUT2D eigenvalue weighted by Crippen LogP contribution is -1.89. The topological polar surface area (TPSA) is 22.1 Å². The van der Waals surface area contributed by atoms with E-state index in [1.807, 2.05) is 0 Å². The highest BCUT2D eigenvalue weighted by molar-refractivity contribution is 5.52. The van der Waals surface area contributed by atoms with Crippen molar-refractivity contribution < 1.29 is 9.13 Å². The van der Waals surface area contributed by atoms with Crippen molar-refractivity contribution >= 4 is 5.76 Å². The van der Waals surface area contributed by atoms with Gasteiger partial charge in [0.25, 0.3) is 0 Å². The van der Waals surface area contributed by atoms with Gasteiger partial charge in [-0.15, -0.1) is 0 Å². The molecule has 0 aliphatic carbocycles. The van der Waals surface area contributed by atoms with Crippen LogP contribution in [0, 0.1) is 5.82 Å². The molecule has 1 rings (SSSR count). The van der Waals surface area contributed by atoms with Crippen molar-refractivity contribution in [3.05, 3.63) is 36.4 Å². The van der Waals surface area contributed by atoms with Crippen LogP contribution < -0.4 is 0 Å². The first kappa shape index (κ1) is 7.72. The summed E-state index contributed by atoms with van der Waals surface area (Å²) in [5.41, 5.74) is 0.550. The average molecular weight is 153 g/mol. The number of hydrogen-bond acceptors (Lipinski definition) is 2. The maximum atomic E-state index is 12.3. The monoisotopic (exact) mass is 153 g/mol. The Bertz CT molecular complexity index is 255. The van der Waals surface area contributed by atoms with E-state index in [-0.39, 0.29) is 5.82 Å². The number of ether oxygens (including phenoxy) is 1. The number of aromatic nitrogens is 1. The lowest BCUT2D eigenvalue weighted by Gasteiger charge is -2.01. The van der Waals surface area contributed by atoms with Crippen molar-refractivity contribution in [2.75, 3.05) is 7.11 Å². The molecule has 3 heteroatoms. The number of methoxy groups -OCH3 is 1. The Labute approximate surface area is 64.3 Å². The van der Waals surface area contributed by atoms with Crippen LogP contribution >= 0.6 is 0 Å². The van der Waals surface area contributed by atoms with Crippen LogP contribution in [0.3, 0.4) is 0 Å². The molecule has 0 aromatic carbocycles. The van der Waals surface area contributed by atoms with E-state index in [9.17, 15) is 4.39 Å². The molecule has 0 aliphatic heterocycles. The zero-order valence-corrected chi connectivity index (χ0v) is 6.17. The normalized spacial score (nSPS) is 9.27. The van der Waals surface area contributed by atoms with Crippen molar-refractivity contribution in [1.82, 2.24) is 4.98 Å². The average Bonchev–Trinajstić information content (AvgIpc) is 2.05. The van der Waals surface area contributed by atoms with Gasteiger partial charge in [0.05, 0.1) is 13.3 Å². The van der Waals surface area contributed by atoms with Gasteiger partial charge in [-0.05, 0) is 12.1 Å². The molecule has 1 heterocycles. The zero-order chi connectivity index (χ0) is 8.27. The molecule has 1 aromatic rings. The molecular formula is C8H8FNO. The molecule has 0 N–H and O–H groups in total. The van der Waals surface area contributed by atoms with Gasteiger partial charge in [0.2, 0.25) is 0 Å². The fourth-order valence-electron chi connectivity index (χ4n) is 0.645. The molecular weight excluding hydrogens is 145 g/mol. The molecule has 0 atom stereocenters. The second-order valence-electron chi connectivity index (χ2n) is 1.99. The number of pyridine rings is 1. The van der Waals surface area contributed by atoms with E-state index in [2.05, 4.69) is 11.6 Å². The SMILES string of the molecule is C=C(OC)c1ccc(F)cn1. The third-order valence-corrected chi connectivity index (χ3v) is 1.26. The summed E-state index contributed by atoms with van der Waals surface area (Å²) in [7, 11) is 1.49. The minimum Gasteiger partial charge on any atom is -0.495 e. The second kappa shape index (κ2) is 3.14. The van der Waals surface area contributed by atoms with Crippen LogP contribution in [0.5, 0.6) is 0 Å². The Hall–Kier alpha value is -1.38. The molecule has 0 amide bonds. The highest BCUT2D eigenvalue weighted by atomic mass is 19.1. The van der Waals surface area contributed by atoms with E-state index in [1.54, 1.807) is 0 Å². The first-order valence-corrected chi connectivity index (χ1v) is 3.09. The predicted octanol–water partition coefficient (Wildman–Crippen LogP) is 1.84. The molecule has 0 spiro atoms. The molecule has 0 aliphatic rings. The zero-order valence-electron chi connectivity index (χ0n) is 6.17. The van der Waals surface area contributed by atoms with Crippen molar-refractivity contribution in [1.29, 1.82) is 0 Å². The lowest BCUT2D eigenvalue weighted by atomic mass is 10.3. The van der Waals surface area contributed by atoms with Gasteiger partial charge in [0.15, 0.2) is 0 Å². The van der Waals surface area contributed by atoms with E-state index in [0.29, 0.717) is 11.5 Å². The van der Waals surface area contributed by atoms with E-state index in [0.717, 1.165) is 6.20 Å². The van der Waals surface area contributed by atoms with Gasteiger partial charge < -0.3 is 4.74 Å². The van der Waals surface area contributed by atoms with Crippen LogP contribution in [0.25, 0.3) is 5.76 Å². The number of rotatable bonds is 2. The Kier molecular flexibility index (Phi) is 2.21. The standard InChI is InChI=1S/C8H8FNO/c1-6(11-2)8-4-3-7(9)5-10-8/h3-5H,1H2,2H3. The highest BCUT2D eigenvalue weighted by Crippen LogP contribution is 2.08. The molecule has 0 saturated carbocycles. The van der Waals surface area contributed by atoms with Crippen LogP contribution in [0.1, 0.15) is 5.69 Å². The Morgan fingerprint density at radius 2 is 2.36 bits per heavy atom. The van der Waals surface area contributed by atoms with Crippen LogP contribution in [-0.4, -0.2) is 12.1 Å². The van der Waals surface area contributed by atoms with Gasteiger partial charge in [-0.25, -0.2) is 9.37 Å². The van der Waals surface area contributed by atoms with Gasteiger partial charge in [-0.2, -0.15) is 0 Å². The Morgan fingerprint density at radius 3 is 2.82 bits per heavy atom. The van der Waals surface area contributed by atoms with Crippen molar-refractivity contribution in [2.24, 2.45) is 0 Å². The minimum absolute atomic E-state index is 0.363. The molecule has 2 nitrogen and oxygen atoms in total. The van der Waals surface area contributed by atoms with Crippen LogP contribution in [0.4, 0.5) is 4.39 Å². The van der Waals surface area contributed by atoms with Crippen molar-refractivity contribution in [3.8, 4) is 0 Å². The summed E-state index contributed by atoms with van der Waals surface area (Å²) in [6, 6.07) is 2.83. The molecule has 1 aromatic heterocycles. The number of halogens is 1. The van der Waals surface area contributed by atoms with Crippen LogP contribution in [0.2, 0.25) is 0 Å². The summed E-state index contributed by atoms with van der Waals surface area (Å²) in [5.74, 6) is 0.0719. The summed E-state index contributed by atoms with van der Waals surface area (Å²) in [6.07, 6.45) is 1.12. The fourth-order valence-corrected chi connectivity index (χ4v) is 0.645. The molecule has 0 saturated heterocycles. The summed E-state index contributed by atoms with van der Waals surface area (Å²) in [6.45, 7) is 3.57. The summed E-state index contributed by atoms with van der Waals surface area (Å²) in [5, 5.41) is 0. The Balaban J connectivity index is 2.90. The summed E-state index contributed by atoms with van der Waals surface area (Å²) in [4.78, 5) is 3.75. The van der Waals surface area contributed by atoms with Gasteiger partial charge in [-0.1, -0.05) is 6.58 Å². The number of nitrogens with zero attached hydrogens (tertiary/aromatic N) is 1. The van der Waals surface area contributed by atoms with Gasteiger partial charge >= 0.3 is 0 Å². The highest BCUT2D eigenvalue weighted by Gasteiger charge is 1.98. The second-order valence-corrected chi connectivity index (χ2v) is 1.99. The third kappa shape index (κ3) is 1.77. The molecule has 11 heavy (non-hydrogen) atoms. The van der Waals surface area contributed by atoms with E-state index in [4.69, 9.17) is 4.74 Å². The minimum atomic E-state index is -0.363. The van der Waals surface area contributed by atoms with Gasteiger partial charge in [-0.3, -0.25) is 0 Å². The van der Waals surface area contributed by atoms with Crippen LogP contribution in [0.15, 0.2) is 24.9 Å². The van der Waals surface area contributed by atoms with Gasteiger partial charge in [0.1, 0.15) is 17.3 Å². The van der Waals surface area contributed by atoms with Crippen LogP contribution in [-0.2, 0) is 4.74 Å². The number of hydrogen-bond donors (Lipinski definition) is 0. The maximum absolute atomic E-state index is 12.3. The van der Waals surface area contributed by atoms with E-state index < -0.39 is 0 Å². The predicted molar refractivity (Wildman–Crippen MR) is 40.2 cm³/mol. The summed E-state index contributed by atoms with van der Waals surface area (Å²) < 4.78 is 17.1. The third-order valence-electron chi connectivity index (χ3n) is 1.26. The van der Waals surface area contributed by atoms with E-state index >= 15 is 0 Å². The molecule has 58 valence electrons. The lowest BCUT2D eigenvalue weighted by molar-refractivity contribution is 0.369. The quantitative estimate of drug-likeness (QED) is 0.605. The fraction of sp³-hybridized carbons (Fsp3) is 0.125. The molecule has 0 bridgehead atoms. The largest absolute Gasteiger partial charge is 0.495 e. The molecule has 0 fully saturated rings. The van der Waals surface area contributed by atoms with Gasteiger partial charge in [0, 0.05) is 0 Å². The smallest absolute Gasteiger partial charge is 0.141 e. The van der Waals surface area contributed by atoms with E-state index in [1.165, 1.54) is 19.2 Å².